The van der Waals surface area contributed by atoms with Crippen molar-refractivity contribution in [2.45, 2.75) is 26.5 Å². The van der Waals surface area contributed by atoms with Crippen LogP contribution in [0, 0.1) is 11.3 Å². The van der Waals surface area contributed by atoms with Gasteiger partial charge >= 0.3 is 0 Å². The van der Waals surface area contributed by atoms with E-state index in [0.29, 0.717) is 34.7 Å². The number of halogens is 1. The molecule has 0 aromatic heterocycles. The normalized spacial score (nSPS) is 12.0. The fourth-order valence-corrected chi connectivity index (χ4v) is 4.55. The van der Waals surface area contributed by atoms with Crippen molar-refractivity contribution in [2.24, 2.45) is 0 Å². The van der Waals surface area contributed by atoms with Gasteiger partial charge in [0, 0.05) is 0 Å². The Morgan fingerprint density at radius 3 is 2.46 bits per heavy atom. The molecule has 0 bridgehead atoms. The van der Waals surface area contributed by atoms with E-state index < -0.39 is 5.91 Å². The number of benzene rings is 4. The molecule has 0 saturated carbocycles. The number of carbonyl (C=O) groups is 1. The fourth-order valence-electron chi connectivity index (χ4n) is 3.97. The van der Waals surface area contributed by atoms with Gasteiger partial charge in [0.15, 0.2) is 11.5 Å². The summed E-state index contributed by atoms with van der Waals surface area (Å²) >= 11 is 3.58. The first-order chi connectivity index (χ1) is 18.0. The van der Waals surface area contributed by atoms with Crippen LogP contribution in [0.1, 0.15) is 36.6 Å². The molecule has 5 nitrogen and oxygen atoms in total. The molecule has 1 N–H and O–H groups in total. The summed E-state index contributed by atoms with van der Waals surface area (Å²) in [6.45, 7) is 4.57. The number of nitrogens with one attached hydrogen (secondary N) is 1. The minimum absolute atomic E-state index is 0.00182. The maximum absolute atomic E-state index is 12.8. The first kappa shape index (κ1) is 26.0. The van der Waals surface area contributed by atoms with Gasteiger partial charge in [-0.1, -0.05) is 66.7 Å². The molecule has 6 heteroatoms. The summed E-state index contributed by atoms with van der Waals surface area (Å²) < 4.78 is 12.7. The Morgan fingerprint density at radius 2 is 1.73 bits per heavy atom. The second kappa shape index (κ2) is 12.2. The van der Waals surface area contributed by atoms with Crippen LogP contribution in [0.15, 0.2) is 95.0 Å². The van der Waals surface area contributed by atoms with E-state index in [0.717, 1.165) is 16.5 Å². The van der Waals surface area contributed by atoms with E-state index in [9.17, 15) is 10.1 Å². The highest BCUT2D eigenvalue weighted by atomic mass is 79.9. The van der Waals surface area contributed by atoms with Gasteiger partial charge in [0.05, 0.1) is 17.1 Å². The van der Waals surface area contributed by atoms with E-state index in [1.165, 1.54) is 5.39 Å². The van der Waals surface area contributed by atoms with Crippen molar-refractivity contribution >= 4 is 38.7 Å². The molecule has 0 aliphatic heterocycles. The summed E-state index contributed by atoms with van der Waals surface area (Å²) in [6, 6.07) is 29.4. The summed E-state index contributed by atoms with van der Waals surface area (Å²) in [5, 5.41) is 14.9. The number of nitriles is 1. The molecule has 1 atom stereocenters. The van der Waals surface area contributed by atoms with Crippen LogP contribution in [0.25, 0.3) is 16.8 Å². The number of carbonyl (C=O) groups excluding carboxylic acids is 1. The number of hydrogen-bond donors (Lipinski definition) is 1. The lowest BCUT2D eigenvalue weighted by atomic mass is 10.1. The van der Waals surface area contributed by atoms with Crippen LogP contribution in [-0.4, -0.2) is 12.5 Å². The van der Waals surface area contributed by atoms with Gasteiger partial charge in [-0.2, -0.15) is 5.26 Å². The molecule has 4 rings (SSSR count). The molecule has 0 unspecified atom stereocenters. The molecule has 186 valence electrons. The summed E-state index contributed by atoms with van der Waals surface area (Å²) in [7, 11) is 0. The van der Waals surface area contributed by atoms with Crippen molar-refractivity contribution < 1.29 is 14.3 Å². The SMILES string of the molecule is CCOc1cc(/C=C(/C#N)C(=O)N[C@@H](C)c2ccccc2)cc(Br)c1OCc1ccc2ccccc2c1. The van der Waals surface area contributed by atoms with Gasteiger partial charge in [0.1, 0.15) is 18.2 Å². The molecule has 0 heterocycles. The maximum atomic E-state index is 12.8. The van der Waals surface area contributed by atoms with Gasteiger partial charge in [-0.15, -0.1) is 0 Å². The molecule has 0 saturated heterocycles. The van der Waals surface area contributed by atoms with Gasteiger partial charge in [0.2, 0.25) is 0 Å². The highest BCUT2D eigenvalue weighted by Gasteiger charge is 2.16. The Hall–Kier alpha value is -4.08. The summed E-state index contributed by atoms with van der Waals surface area (Å²) in [5.74, 6) is 0.650. The van der Waals surface area contributed by atoms with E-state index in [1.807, 2.05) is 74.5 Å². The lowest BCUT2D eigenvalue weighted by Gasteiger charge is -2.16. The summed E-state index contributed by atoms with van der Waals surface area (Å²) in [5.41, 5.74) is 2.64. The molecule has 4 aromatic rings. The van der Waals surface area contributed by atoms with Crippen LogP contribution in [0.3, 0.4) is 0 Å². The quantitative estimate of drug-likeness (QED) is 0.173. The molecule has 0 aliphatic rings. The zero-order valence-corrected chi connectivity index (χ0v) is 22.3. The number of hydrogen-bond acceptors (Lipinski definition) is 4. The van der Waals surface area contributed by atoms with Gasteiger partial charge in [-0.3, -0.25) is 4.79 Å². The largest absolute Gasteiger partial charge is 0.490 e. The van der Waals surface area contributed by atoms with Gasteiger partial charge in [-0.25, -0.2) is 0 Å². The van der Waals surface area contributed by atoms with Crippen molar-refractivity contribution in [2.75, 3.05) is 6.61 Å². The second-order valence-electron chi connectivity index (χ2n) is 8.51. The molecule has 1 amide bonds. The van der Waals surface area contributed by atoms with Crippen molar-refractivity contribution in [1.29, 1.82) is 5.26 Å². The van der Waals surface area contributed by atoms with Crippen LogP contribution in [0.5, 0.6) is 11.5 Å². The molecule has 0 radical (unpaired) electrons. The standard InChI is InChI=1S/C31H27BrN2O3/c1-3-36-29-18-23(16-27(19-33)31(35)34-21(2)24-9-5-4-6-10-24)17-28(32)30(29)37-20-22-13-14-25-11-7-8-12-26(25)15-22/h4-18,21H,3,20H2,1-2H3,(H,34,35)/b27-16-/t21-/m0/s1. The molecule has 4 aromatic carbocycles. The van der Waals surface area contributed by atoms with E-state index in [2.05, 4.69) is 45.5 Å². The number of amides is 1. The Labute approximate surface area is 225 Å². The van der Waals surface area contributed by atoms with Crippen LogP contribution in [-0.2, 0) is 11.4 Å². The third-order valence-corrected chi connectivity index (χ3v) is 6.44. The average Bonchev–Trinajstić information content (AvgIpc) is 2.91. The van der Waals surface area contributed by atoms with Gasteiger partial charge < -0.3 is 14.8 Å². The number of rotatable bonds is 9. The van der Waals surface area contributed by atoms with Crippen molar-refractivity contribution in [3.63, 3.8) is 0 Å². The molecular weight excluding hydrogens is 528 g/mol. The van der Waals surface area contributed by atoms with Crippen LogP contribution >= 0.6 is 15.9 Å². The number of ether oxygens (including phenoxy) is 2. The monoisotopic (exact) mass is 554 g/mol. The molecular formula is C31H27BrN2O3. The predicted octanol–water partition coefficient (Wildman–Crippen LogP) is 7.36. The molecule has 0 fully saturated rings. The third-order valence-electron chi connectivity index (χ3n) is 5.85. The second-order valence-corrected chi connectivity index (χ2v) is 9.36. The highest BCUT2D eigenvalue weighted by Crippen LogP contribution is 2.38. The average molecular weight is 555 g/mol. The minimum atomic E-state index is -0.440. The Balaban J connectivity index is 1.54. The lowest BCUT2D eigenvalue weighted by molar-refractivity contribution is -0.117. The van der Waals surface area contributed by atoms with Crippen molar-refractivity contribution in [3.8, 4) is 17.6 Å². The first-order valence-corrected chi connectivity index (χ1v) is 12.8. The molecule has 0 aliphatic carbocycles. The Kier molecular flexibility index (Phi) is 8.60. The predicted molar refractivity (Wildman–Crippen MR) is 150 cm³/mol. The lowest BCUT2D eigenvalue weighted by Crippen LogP contribution is -2.27. The topological polar surface area (TPSA) is 71.3 Å². The van der Waals surface area contributed by atoms with Crippen LogP contribution in [0.2, 0.25) is 0 Å². The minimum Gasteiger partial charge on any atom is -0.490 e. The summed E-state index contributed by atoms with van der Waals surface area (Å²) in [6.07, 6.45) is 1.55. The Bertz CT molecular complexity index is 1480. The van der Waals surface area contributed by atoms with E-state index >= 15 is 0 Å². The Morgan fingerprint density at radius 1 is 1.00 bits per heavy atom. The smallest absolute Gasteiger partial charge is 0.262 e. The van der Waals surface area contributed by atoms with Crippen molar-refractivity contribution in [1.82, 2.24) is 5.32 Å². The molecule has 0 spiro atoms. The van der Waals surface area contributed by atoms with E-state index in [-0.39, 0.29) is 11.6 Å². The van der Waals surface area contributed by atoms with Gasteiger partial charge in [-0.05, 0) is 81.5 Å². The molecule has 37 heavy (non-hydrogen) atoms. The number of fused-ring (bicyclic) bond motifs is 1. The van der Waals surface area contributed by atoms with Crippen LogP contribution in [0.4, 0.5) is 0 Å². The zero-order chi connectivity index (χ0) is 26.2. The van der Waals surface area contributed by atoms with Gasteiger partial charge in [0.25, 0.3) is 5.91 Å². The van der Waals surface area contributed by atoms with E-state index in [4.69, 9.17) is 9.47 Å². The summed E-state index contributed by atoms with van der Waals surface area (Å²) in [4.78, 5) is 12.8. The van der Waals surface area contributed by atoms with Crippen LogP contribution < -0.4 is 14.8 Å². The third kappa shape index (κ3) is 6.58. The number of nitrogens with zero attached hydrogens (tertiary/aromatic N) is 1. The van der Waals surface area contributed by atoms with Crippen molar-refractivity contribution in [3.05, 3.63) is 112 Å². The zero-order valence-electron chi connectivity index (χ0n) is 20.7. The maximum Gasteiger partial charge on any atom is 0.262 e. The fraction of sp³-hybridized carbons (Fsp3) is 0.161. The van der Waals surface area contributed by atoms with E-state index in [1.54, 1.807) is 12.1 Å². The highest BCUT2D eigenvalue weighted by molar-refractivity contribution is 9.10. The first-order valence-electron chi connectivity index (χ1n) is 12.0.